The lowest BCUT2D eigenvalue weighted by Crippen LogP contribution is -2.21. The van der Waals surface area contributed by atoms with Gasteiger partial charge >= 0.3 is 0 Å². The van der Waals surface area contributed by atoms with Crippen LogP contribution in [0.25, 0.3) is 0 Å². The van der Waals surface area contributed by atoms with Crippen molar-refractivity contribution < 1.29 is 4.74 Å². The van der Waals surface area contributed by atoms with E-state index in [0.717, 1.165) is 42.5 Å². The Labute approximate surface area is 101 Å². The molecule has 2 rings (SSSR count). The van der Waals surface area contributed by atoms with Crippen molar-refractivity contribution in [1.82, 2.24) is 0 Å². The summed E-state index contributed by atoms with van der Waals surface area (Å²) in [5, 5.41) is 0.736. The van der Waals surface area contributed by atoms with E-state index in [2.05, 4.69) is 4.90 Å². The van der Waals surface area contributed by atoms with E-state index in [9.17, 15) is 0 Å². The van der Waals surface area contributed by atoms with Crippen LogP contribution >= 0.6 is 11.6 Å². The van der Waals surface area contributed by atoms with Gasteiger partial charge in [-0.1, -0.05) is 11.6 Å². The predicted molar refractivity (Wildman–Crippen MR) is 68.1 cm³/mol. The highest BCUT2D eigenvalue weighted by molar-refractivity contribution is 6.31. The van der Waals surface area contributed by atoms with Crippen molar-refractivity contribution in [2.45, 2.75) is 6.42 Å². The van der Waals surface area contributed by atoms with Crippen molar-refractivity contribution in [3.8, 4) is 0 Å². The van der Waals surface area contributed by atoms with Crippen LogP contribution in [0.15, 0.2) is 18.2 Å². The summed E-state index contributed by atoms with van der Waals surface area (Å²) in [6, 6.07) is 5.62. The number of nitrogen functional groups attached to an aromatic ring is 1. The van der Waals surface area contributed by atoms with Crippen LogP contribution in [0, 0.1) is 5.92 Å². The third-order valence-corrected chi connectivity index (χ3v) is 3.26. The third kappa shape index (κ3) is 2.42. The van der Waals surface area contributed by atoms with Crippen molar-refractivity contribution in [2.24, 2.45) is 5.92 Å². The smallest absolute Gasteiger partial charge is 0.0614 e. The molecule has 0 radical (unpaired) electrons. The molecule has 2 N–H and O–H groups in total. The number of methoxy groups -OCH3 is 1. The third-order valence-electron chi connectivity index (χ3n) is 3.02. The number of hydrogen-bond donors (Lipinski definition) is 1. The second-order valence-corrected chi connectivity index (χ2v) is 4.70. The Morgan fingerprint density at radius 2 is 2.38 bits per heavy atom. The SMILES string of the molecule is COCC1CCN(c2cc(Cl)ccc2N)C1. The van der Waals surface area contributed by atoms with Gasteiger partial charge in [0.2, 0.25) is 0 Å². The minimum Gasteiger partial charge on any atom is -0.397 e. The standard InChI is InChI=1S/C12H17ClN2O/c1-16-8-9-4-5-15(7-9)12-6-10(13)2-3-11(12)14/h2-3,6,9H,4-5,7-8,14H2,1H3. The molecule has 88 valence electrons. The summed E-state index contributed by atoms with van der Waals surface area (Å²) >= 11 is 5.99. The van der Waals surface area contributed by atoms with E-state index in [1.807, 2.05) is 18.2 Å². The number of ether oxygens (including phenoxy) is 1. The Hall–Kier alpha value is -0.930. The summed E-state index contributed by atoms with van der Waals surface area (Å²) in [5.41, 5.74) is 7.80. The molecular weight excluding hydrogens is 224 g/mol. The topological polar surface area (TPSA) is 38.5 Å². The summed E-state index contributed by atoms with van der Waals surface area (Å²) in [4.78, 5) is 2.28. The number of halogens is 1. The molecule has 1 saturated heterocycles. The molecule has 0 aromatic heterocycles. The molecule has 1 fully saturated rings. The van der Waals surface area contributed by atoms with E-state index in [0.29, 0.717) is 5.92 Å². The zero-order valence-electron chi connectivity index (χ0n) is 9.45. The molecule has 1 aliphatic rings. The molecule has 1 heterocycles. The Morgan fingerprint density at radius 3 is 3.12 bits per heavy atom. The van der Waals surface area contributed by atoms with Gasteiger partial charge in [0.1, 0.15) is 0 Å². The predicted octanol–water partition coefficient (Wildman–Crippen LogP) is 2.39. The lowest BCUT2D eigenvalue weighted by molar-refractivity contribution is 0.161. The molecule has 1 aliphatic heterocycles. The van der Waals surface area contributed by atoms with Crippen molar-refractivity contribution in [1.29, 1.82) is 0 Å². The molecule has 1 unspecified atom stereocenters. The highest BCUT2D eigenvalue weighted by Gasteiger charge is 2.23. The van der Waals surface area contributed by atoms with Crippen LogP contribution in [0.1, 0.15) is 6.42 Å². The fraction of sp³-hybridized carbons (Fsp3) is 0.500. The van der Waals surface area contributed by atoms with E-state index in [1.54, 1.807) is 7.11 Å². The molecule has 1 aromatic carbocycles. The maximum Gasteiger partial charge on any atom is 0.0614 e. The number of rotatable bonds is 3. The number of benzene rings is 1. The number of hydrogen-bond acceptors (Lipinski definition) is 3. The van der Waals surface area contributed by atoms with E-state index in [1.165, 1.54) is 0 Å². The molecule has 3 nitrogen and oxygen atoms in total. The second-order valence-electron chi connectivity index (χ2n) is 4.26. The molecular formula is C12H17ClN2O. The zero-order chi connectivity index (χ0) is 11.5. The summed E-state index contributed by atoms with van der Waals surface area (Å²) in [7, 11) is 1.75. The molecule has 4 heteroatoms. The van der Waals surface area contributed by atoms with Gasteiger partial charge in [-0.3, -0.25) is 0 Å². The Morgan fingerprint density at radius 1 is 1.56 bits per heavy atom. The quantitative estimate of drug-likeness (QED) is 0.825. The Bertz CT molecular complexity index is 370. The van der Waals surface area contributed by atoms with E-state index < -0.39 is 0 Å². The lowest BCUT2D eigenvalue weighted by atomic mass is 10.1. The first kappa shape index (κ1) is 11.6. The molecule has 0 aliphatic carbocycles. The van der Waals surface area contributed by atoms with Gasteiger partial charge in [-0.2, -0.15) is 0 Å². The molecule has 16 heavy (non-hydrogen) atoms. The minimum atomic E-state index is 0.600. The average molecular weight is 241 g/mol. The van der Waals surface area contributed by atoms with Gasteiger partial charge in [-0.25, -0.2) is 0 Å². The summed E-state index contributed by atoms with van der Waals surface area (Å²) in [5.74, 6) is 0.600. The molecule has 0 saturated carbocycles. The van der Waals surface area contributed by atoms with Gasteiger partial charge in [-0.05, 0) is 24.6 Å². The van der Waals surface area contributed by atoms with Crippen molar-refractivity contribution in [3.63, 3.8) is 0 Å². The number of nitrogens with zero attached hydrogens (tertiary/aromatic N) is 1. The van der Waals surface area contributed by atoms with Gasteiger partial charge in [0.25, 0.3) is 0 Å². The van der Waals surface area contributed by atoms with E-state index in [4.69, 9.17) is 22.1 Å². The highest BCUT2D eigenvalue weighted by atomic mass is 35.5. The van der Waals surface area contributed by atoms with Crippen LogP contribution < -0.4 is 10.6 Å². The monoisotopic (exact) mass is 240 g/mol. The van der Waals surface area contributed by atoms with Crippen LogP contribution in [-0.2, 0) is 4.74 Å². The highest BCUT2D eigenvalue weighted by Crippen LogP contribution is 2.31. The first-order valence-corrected chi connectivity index (χ1v) is 5.87. The molecule has 0 amide bonds. The normalized spacial score (nSPS) is 20.4. The number of nitrogens with two attached hydrogens (primary N) is 1. The summed E-state index contributed by atoms with van der Waals surface area (Å²) in [6.07, 6.45) is 1.15. The molecule has 1 atom stereocenters. The van der Waals surface area contributed by atoms with Crippen molar-refractivity contribution in [2.75, 3.05) is 37.4 Å². The van der Waals surface area contributed by atoms with Gasteiger partial charge in [0.05, 0.1) is 18.0 Å². The van der Waals surface area contributed by atoms with E-state index in [-0.39, 0.29) is 0 Å². The van der Waals surface area contributed by atoms with Crippen LogP contribution in [0.4, 0.5) is 11.4 Å². The van der Waals surface area contributed by atoms with E-state index >= 15 is 0 Å². The van der Waals surface area contributed by atoms with Gasteiger partial charge in [-0.15, -0.1) is 0 Å². The lowest BCUT2D eigenvalue weighted by Gasteiger charge is -2.20. The molecule has 0 bridgehead atoms. The summed E-state index contributed by atoms with van der Waals surface area (Å²) < 4.78 is 5.18. The van der Waals surface area contributed by atoms with Gasteiger partial charge in [0, 0.05) is 31.1 Å². The fourth-order valence-electron chi connectivity index (χ4n) is 2.21. The van der Waals surface area contributed by atoms with Crippen LogP contribution in [0.3, 0.4) is 0 Å². The zero-order valence-corrected chi connectivity index (χ0v) is 10.2. The average Bonchev–Trinajstić information content (AvgIpc) is 2.71. The number of anilines is 2. The van der Waals surface area contributed by atoms with Gasteiger partial charge in [0.15, 0.2) is 0 Å². The van der Waals surface area contributed by atoms with Crippen LogP contribution in [0.2, 0.25) is 5.02 Å². The molecule has 0 spiro atoms. The maximum atomic E-state index is 5.99. The van der Waals surface area contributed by atoms with Crippen LogP contribution in [-0.4, -0.2) is 26.8 Å². The van der Waals surface area contributed by atoms with Crippen LogP contribution in [0.5, 0.6) is 0 Å². The first-order chi connectivity index (χ1) is 7.70. The maximum absolute atomic E-state index is 5.99. The molecule has 1 aromatic rings. The second kappa shape index (κ2) is 4.93. The first-order valence-electron chi connectivity index (χ1n) is 5.49. The van der Waals surface area contributed by atoms with Gasteiger partial charge < -0.3 is 15.4 Å². The summed E-state index contributed by atoms with van der Waals surface area (Å²) in [6.45, 7) is 2.84. The fourth-order valence-corrected chi connectivity index (χ4v) is 2.38. The van der Waals surface area contributed by atoms with Crippen molar-refractivity contribution >= 4 is 23.0 Å². The Balaban J connectivity index is 2.11. The largest absolute Gasteiger partial charge is 0.397 e. The Kier molecular flexibility index (Phi) is 3.56. The minimum absolute atomic E-state index is 0.600. The van der Waals surface area contributed by atoms with Crippen molar-refractivity contribution in [3.05, 3.63) is 23.2 Å².